The Morgan fingerprint density at radius 1 is 1.32 bits per heavy atom. The van der Waals surface area contributed by atoms with Gasteiger partial charge >= 0.3 is 5.97 Å². The summed E-state index contributed by atoms with van der Waals surface area (Å²) in [5.74, 6) is -1.54. The van der Waals surface area contributed by atoms with Gasteiger partial charge in [0.1, 0.15) is 18.5 Å². The van der Waals surface area contributed by atoms with E-state index in [0.29, 0.717) is 41.7 Å². The van der Waals surface area contributed by atoms with Crippen LogP contribution in [-0.4, -0.2) is 51.0 Å². The van der Waals surface area contributed by atoms with Crippen LogP contribution in [0.4, 0.5) is 4.39 Å². The Bertz CT molecular complexity index is 1680. The highest BCUT2D eigenvalue weighted by Crippen LogP contribution is 2.46. The summed E-state index contributed by atoms with van der Waals surface area (Å²) in [5, 5.41) is 24.3. The molecule has 1 amide bonds. The van der Waals surface area contributed by atoms with Gasteiger partial charge in [-0.3, -0.25) is 9.59 Å². The lowest BCUT2D eigenvalue weighted by atomic mass is 9.81. The molecule has 2 aliphatic heterocycles. The average molecular weight is 566 g/mol. The summed E-state index contributed by atoms with van der Waals surface area (Å²) in [6.07, 6.45) is 0.792. The van der Waals surface area contributed by atoms with Gasteiger partial charge in [-0.25, -0.2) is 14.2 Å². The van der Waals surface area contributed by atoms with Crippen LogP contribution in [0.15, 0.2) is 16.9 Å². The molecule has 3 N–H and O–H groups in total. The second kappa shape index (κ2) is 10.0. The van der Waals surface area contributed by atoms with Gasteiger partial charge in [0.15, 0.2) is 5.60 Å². The van der Waals surface area contributed by atoms with Crippen molar-refractivity contribution in [3.05, 3.63) is 61.7 Å². The summed E-state index contributed by atoms with van der Waals surface area (Å²) in [5.41, 5.74) is 2.20. The van der Waals surface area contributed by atoms with E-state index in [-0.39, 0.29) is 55.6 Å². The van der Waals surface area contributed by atoms with Gasteiger partial charge in [0, 0.05) is 22.6 Å². The number of hydrogen-bond donors (Lipinski definition) is 3. The summed E-state index contributed by atoms with van der Waals surface area (Å²) in [7, 11) is 0. The highest BCUT2D eigenvalue weighted by molar-refractivity contribution is 5.94. The van der Waals surface area contributed by atoms with Crippen LogP contribution < -0.4 is 10.9 Å². The number of amides is 1. The minimum Gasteiger partial charge on any atom is -0.458 e. The Hall–Kier alpha value is -3.67. The van der Waals surface area contributed by atoms with Crippen LogP contribution in [0.5, 0.6) is 0 Å². The Morgan fingerprint density at radius 2 is 2.10 bits per heavy atom. The number of esters is 1. The van der Waals surface area contributed by atoms with Crippen LogP contribution >= 0.6 is 0 Å². The smallest absolute Gasteiger partial charge is 0.343 e. The molecule has 1 unspecified atom stereocenters. The van der Waals surface area contributed by atoms with E-state index < -0.39 is 29.3 Å². The molecule has 41 heavy (non-hydrogen) atoms. The van der Waals surface area contributed by atoms with Gasteiger partial charge in [0.2, 0.25) is 5.91 Å². The molecule has 4 heterocycles. The van der Waals surface area contributed by atoms with Gasteiger partial charge in [-0.1, -0.05) is 13.3 Å². The first kappa shape index (κ1) is 27.5. The Labute approximate surface area is 235 Å². The fraction of sp³-hybridized carbons (Fsp3) is 0.467. The number of aliphatic hydroxyl groups excluding tert-OH is 1. The molecule has 3 aliphatic rings. The lowest BCUT2D eigenvalue weighted by Gasteiger charge is -2.32. The highest BCUT2D eigenvalue weighted by Gasteiger charge is 2.46. The van der Waals surface area contributed by atoms with E-state index in [1.807, 2.05) is 6.92 Å². The molecule has 3 aromatic rings. The normalized spacial score (nSPS) is 21.2. The predicted molar refractivity (Wildman–Crippen MR) is 146 cm³/mol. The SMILES string of the molecule is CCC[C@@]1(O)C(=O)OCc2c1cc1n(c2=O)Cc2c-1nc1cc(F)c(C)c3c1c2[C@@H](NC(=O)C(C)OCCO)CC3. The van der Waals surface area contributed by atoms with E-state index in [2.05, 4.69) is 5.32 Å². The quantitative estimate of drug-likeness (QED) is 0.290. The molecule has 0 spiro atoms. The molecule has 1 aromatic carbocycles. The van der Waals surface area contributed by atoms with E-state index in [1.165, 1.54) is 6.07 Å². The highest BCUT2D eigenvalue weighted by atomic mass is 19.1. The van der Waals surface area contributed by atoms with Crippen molar-refractivity contribution in [2.75, 3.05) is 13.2 Å². The van der Waals surface area contributed by atoms with E-state index in [9.17, 15) is 19.5 Å². The summed E-state index contributed by atoms with van der Waals surface area (Å²) < 4.78 is 27.2. The van der Waals surface area contributed by atoms with Gasteiger partial charge in [0.05, 0.1) is 48.3 Å². The number of carbonyl (C=O) groups is 2. The Kier molecular flexibility index (Phi) is 6.71. The number of aryl methyl sites for hydroxylation is 1. The molecule has 1 aliphatic carbocycles. The first-order valence-corrected chi connectivity index (χ1v) is 13.9. The molecular formula is C30H32FN3O7. The number of rotatable bonds is 7. The monoisotopic (exact) mass is 565 g/mol. The molecule has 3 atom stereocenters. The van der Waals surface area contributed by atoms with Crippen molar-refractivity contribution in [1.29, 1.82) is 0 Å². The molecule has 0 fully saturated rings. The number of carbonyl (C=O) groups excluding carboxylic acids is 2. The van der Waals surface area contributed by atoms with E-state index in [1.54, 1.807) is 24.5 Å². The molecular weight excluding hydrogens is 533 g/mol. The zero-order chi connectivity index (χ0) is 29.2. The standard InChI is InChI=1S/C30H32FN3O7/c1-4-7-30(39)19-10-23-26-17(12-34(23)28(37)18(19)13-41-29(30)38)25-21(33-27(36)15(3)40-9-8-35)6-5-16-14(2)20(31)11-22(32-26)24(16)25/h10-11,15,21,35,39H,4-9,12-13H2,1-3H3,(H,33,36)/t15?,21-,30-/m0/s1. The number of fused-ring (bicyclic) bond motifs is 5. The van der Waals surface area contributed by atoms with Crippen molar-refractivity contribution < 1.29 is 33.7 Å². The van der Waals surface area contributed by atoms with Crippen LogP contribution in [0.25, 0.3) is 22.3 Å². The molecule has 10 nitrogen and oxygen atoms in total. The third-order valence-corrected chi connectivity index (χ3v) is 8.62. The number of pyridine rings is 2. The van der Waals surface area contributed by atoms with Gasteiger partial charge < -0.3 is 29.6 Å². The average Bonchev–Trinajstić information content (AvgIpc) is 3.32. The number of aliphatic hydroxyl groups is 2. The Balaban J connectivity index is 1.56. The van der Waals surface area contributed by atoms with Crippen molar-refractivity contribution in [3.63, 3.8) is 0 Å². The molecule has 0 saturated carbocycles. The van der Waals surface area contributed by atoms with Gasteiger partial charge in [-0.05, 0) is 55.9 Å². The molecule has 0 radical (unpaired) electrons. The van der Waals surface area contributed by atoms with Gasteiger partial charge in [-0.2, -0.15) is 0 Å². The van der Waals surface area contributed by atoms with Gasteiger partial charge in [0.25, 0.3) is 5.56 Å². The Morgan fingerprint density at radius 3 is 2.83 bits per heavy atom. The zero-order valence-corrected chi connectivity index (χ0v) is 23.2. The summed E-state index contributed by atoms with van der Waals surface area (Å²) in [4.78, 5) is 44.3. The molecule has 11 heteroatoms. The van der Waals surface area contributed by atoms with E-state index in [0.717, 1.165) is 22.1 Å². The van der Waals surface area contributed by atoms with E-state index in [4.69, 9.17) is 19.6 Å². The number of benzene rings is 1. The lowest BCUT2D eigenvalue weighted by Crippen LogP contribution is -2.44. The van der Waals surface area contributed by atoms with Crippen molar-refractivity contribution in [1.82, 2.24) is 14.9 Å². The van der Waals surface area contributed by atoms with Crippen molar-refractivity contribution in [3.8, 4) is 11.4 Å². The van der Waals surface area contributed by atoms with Crippen LogP contribution in [0.3, 0.4) is 0 Å². The largest absolute Gasteiger partial charge is 0.458 e. The lowest BCUT2D eigenvalue weighted by molar-refractivity contribution is -0.172. The van der Waals surface area contributed by atoms with Crippen molar-refractivity contribution in [2.24, 2.45) is 0 Å². The maximum atomic E-state index is 15.1. The third-order valence-electron chi connectivity index (χ3n) is 8.62. The number of nitrogens with zero attached hydrogens (tertiary/aromatic N) is 2. The van der Waals surface area contributed by atoms with Crippen molar-refractivity contribution in [2.45, 2.75) is 77.4 Å². The second-order valence-corrected chi connectivity index (χ2v) is 11.0. The first-order valence-electron chi connectivity index (χ1n) is 13.9. The maximum Gasteiger partial charge on any atom is 0.343 e. The fourth-order valence-electron chi connectivity index (χ4n) is 6.56. The number of ether oxygens (including phenoxy) is 2. The molecule has 2 aromatic heterocycles. The number of halogens is 1. The summed E-state index contributed by atoms with van der Waals surface area (Å²) >= 11 is 0. The third kappa shape index (κ3) is 4.09. The summed E-state index contributed by atoms with van der Waals surface area (Å²) in [6.45, 7) is 4.89. The van der Waals surface area contributed by atoms with Crippen LogP contribution in [0, 0.1) is 12.7 Å². The second-order valence-electron chi connectivity index (χ2n) is 11.0. The minimum atomic E-state index is -1.96. The van der Waals surface area contributed by atoms with Gasteiger partial charge in [-0.15, -0.1) is 0 Å². The first-order chi connectivity index (χ1) is 19.6. The van der Waals surface area contributed by atoms with Crippen LogP contribution in [0.2, 0.25) is 0 Å². The molecule has 6 rings (SSSR count). The van der Waals surface area contributed by atoms with E-state index >= 15 is 4.39 Å². The number of cyclic esters (lactones) is 1. The topological polar surface area (TPSA) is 140 Å². The maximum absolute atomic E-state index is 15.1. The van der Waals surface area contributed by atoms with Crippen LogP contribution in [-0.2, 0) is 44.2 Å². The summed E-state index contributed by atoms with van der Waals surface area (Å²) in [6, 6.07) is 2.55. The minimum absolute atomic E-state index is 0.0228. The molecule has 0 saturated heterocycles. The van der Waals surface area contributed by atoms with Crippen molar-refractivity contribution >= 4 is 22.8 Å². The fourth-order valence-corrected chi connectivity index (χ4v) is 6.56. The number of nitrogens with one attached hydrogen (secondary N) is 1. The zero-order valence-electron chi connectivity index (χ0n) is 23.2. The number of aromatic nitrogens is 2. The molecule has 216 valence electrons. The van der Waals surface area contributed by atoms with Crippen LogP contribution in [0.1, 0.15) is 72.5 Å². The molecule has 0 bridgehead atoms. The number of hydrogen-bond acceptors (Lipinski definition) is 8. The predicted octanol–water partition coefficient (Wildman–Crippen LogP) is 2.42.